The summed E-state index contributed by atoms with van der Waals surface area (Å²) in [4.78, 5) is 53.7. The van der Waals surface area contributed by atoms with Crippen LogP contribution in [0.4, 0.5) is 0 Å². The SMILES string of the molecule is Cc1ccc2cc1OCCn1cc(nn1)CNC(=O)[C@H](Cc1ccccc1)NC(=O)[C@H]([C@@H](C)O)NC(=O)[C@H](CC(C)C)NC2=O. The van der Waals surface area contributed by atoms with E-state index in [0.717, 1.165) is 11.1 Å². The molecule has 0 aliphatic carbocycles. The van der Waals surface area contributed by atoms with Crippen LogP contribution < -0.4 is 26.0 Å². The van der Waals surface area contributed by atoms with E-state index in [1.54, 1.807) is 29.1 Å². The van der Waals surface area contributed by atoms with E-state index in [1.165, 1.54) is 6.92 Å². The maximum absolute atomic E-state index is 13.5. The average molecular weight is 620 g/mol. The summed E-state index contributed by atoms with van der Waals surface area (Å²) in [5.41, 5.74) is 2.41. The van der Waals surface area contributed by atoms with Crippen LogP contribution in [0.15, 0.2) is 54.7 Å². The topological polar surface area (TPSA) is 177 Å². The summed E-state index contributed by atoms with van der Waals surface area (Å²) in [5.74, 6) is -1.85. The second-order valence-electron chi connectivity index (χ2n) is 11.7. The number of fused-ring (bicyclic) bond motifs is 4. The molecule has 4 atom stereocenters. The molecular weight excluding hydrogens is 578 g/mol. The second-order valence-corrected chi connectivity index (χ2v) is 11.7. The summed E-state index contributed by atoms with van der Waals surface area (Å²) in [6.45, 7) is 7.69. The number of benzene rings is 2. The Hall–Kier alpha value is -4.78. The van der Waals surface area contributed by atoms with Crippen LogP contribution in [-0.4, -0.2) is 74.6 Å². The summed E-state index contributed by atoms with van der Waals surface area (Å²) in [7, 11) is 0. The minimum Gasteiger partial charge on any atom is -0.491 e. The number of nitrogens with zero attached hydrogens (tertiary/aromatic N) is 3. The summed E-state index contributed by atoms with van der Waals surface area (Å²) >= 11 is 0. The minimum absolute atomic E-state index is 0.0161. The van der Waals surface area contributed by atoms with Gasteiger partial charge in [-0.2, -0.15) is 0 Å². The lowest BCUT2D eigenvalue weighted by molar-refractivity contribution is -0.135. The Bertz CT molecular complexity index is 1490. The molecule has 1 aliphatic rings. The number of nitrogens with one attached hydrogen (secondary N) is 4. The van der Waals surface area contributed by atoms with Crippen molar-refractivity contribution in [3.8, 4) is 5.75 Å². The van der Waals surface area contributed by atoms with Gasteiger partial charge in [-0.05, 0) is 49.4 Å². The van der Waals surface area contributed by atoms with Gasteiger partial charge < -0.3 is 31.1 Å². The second kappa shape index (κ2) is 15.3. The quantitative estimate of drug-likeness (QED) is 0.281. The number of hydrogen-bond donors (Lipinski definition) is 5. The molecule has 0 radical (unpaired) electrons. The van der Waals surface area contributed by atoms with Crippen molar-refractivity contribution in [1.29, 1.82) is 0 Å². The molecule has 0 unspecified atom stereocenters. The molecule has 13 nitrogen and oxygen atoms in total. The molecule has 4 rings (SSSR count). The zero-order valence-electron chi connectivity index (χ0n) is 25.9. The van der Waals surface area contributed by atoms with Crippen LogP contribution in [0, 0.1) is 12.8 Å². The third-order valence-electron chi connectivity index (χ3n) is 7.37. The molecule has 45 heavy (non-hydrogen) atoms. The number of carbonyl (C=O) groups excluding carboxylic acids is 4. The van der Waals surface area contributed by atoms with Crippen LogP contribution in [0.1, 0.15) is 54.4 Å². The molecule has 2 aromatic carbocycles. The first kappa shape index (κ1) is 33.1. The zero-order chi connectivity index (χ0) is 32.5. The van der Waals surface area contributed by atoms with Crippen LogP contribution in [0.25, 0.3) is 0 Å². The summed E-state index contributed by atoms with van der Waals surface area (Å²) in [6, 6.07) is 10.7. The third-order valence-corrected chi connectivity index (χ3v) is 7.37. The van der Waals surface area contributed by atoms with E-state index in [1.807, 2.05) is 51.1 Å². The van der Waals surface area contributed by atoms with E-state index in [2.05, 4.69) is 31.6 Å². The Balaban J connectivity index is 1.65. The van der Waals surface area contributed by atoms with E-state index in [4.69, 9.17) is 4.74 Å². The van der Waals surface area contributed by atoms with Crippen molar-refractivity contribution in [2.75, 3.05) is 6.61 Å². The highest BCUT2D eigenvalue weighted by Gasteiger charge is 2.33. The lowest BCUT2D eigenvalue weighted by Gasteiger charge is -2.27. The molecule has 0 fully saturated rings. The van der Waals surface area contributed by atoms with Crippen molar-refractivity contribution in [2.45, 2.75) is 77.9 Å². The summed E-state index contributed by atoms with van der Waals surface area (Å²) in [5, 5.41) is 29.6. The Morgan fingerprint density at radius 2 is 1.71 bits per heavy atom. The molecule has 0 saturated heterocycles. The van der Waals surface area contributed by atoms with Gasteiger partial charge in [0.1, 0.15) is 36.2 Å². The van der Waals surface area contributed by atoms with Crippen molar-refractivity contribution >= 4 is 23.6 Å². The first-order chi connectivity index (χ1) is 21.5. The monoisotopic (exact) mass is 619 g/mol. The van der Waals surface area contributed by atoms with Crippen LogP contribution in [0.2, 0.25) is 0 Å². The lowest BCUT2D eigenvalue weighted by Crippen LogP contribution is -2.60. The Morgan fingerprint density at radius 1 is 0.956 bits per heavy atom. The number of rotatable bonds is 5. The van der Waals surface area contributed by atoms with Gasteiger partial charge >= 0.3 is 0 Å². The first-order valence-corrected chi connectivity index (χ1v) is 15.0. The van der Waals surface area contributed by atoms with Crippen LogP contribution in [-0.2, 0) is 33.9 Å². The van der Waals surface area contributed by atoms with Gasteiger partial charge in [0, 0.05) is 12.0 Å². The van der Waals surface area contributed by atoms with E-state index in [0.29, 0.717) is 23.6 Å². The Kier molecular flexibility index (Phi) is 11.3. The normalized spacial score (nSPS) is 21.0. The molecule has 1 aliphatic heterocycles. The Labute approximate surface area is 262 Å². The minimum atomic E-state index is -1.40. The van der Waals surface area contributed by atoms with Crippen LogP contribution in [0.5, 0.6) is 5.75 Å². The molecule has 2 heterocycles. The van der Waals surface area contributed by atoms with Crippen molar-refractivity contribution in [1.82, 2.24) is 36.3 Å². The molecule has 0 saturated carbocycles. The van der Waals surface area contributed by atoms with Crippen LogP contribution in [0.3, 0.4) is 0 Å². The molecule has 4 bridgehead atoms. The molecular formula is C32H41N7O6. The molecule has 13 heteroatoms. The van der Waals surface area contributed by atoms with E-state index >= 15 is 0 Å². The van der Waals surface area contributed by atoms with Crippen LogP contribution >= 0.6 is 0 Å². The number of aromatic nitrogens is 3. The van der Waals surface area contributed by atoms with Crippen molar-refractivity contribution < 1.29 is 29.0 Å². The number of carbonyl (C=O) groups is 4. The van der Waals surface area contributed by atoms with Gasteiger partial charge in [0.25, 0.3) is 5.91 Å². The summed E-state index contributed by atoms with van der Waals surface area (Å²) < 4.78 is 7.54. The van der Waals surface area contributed by atoms with Crippen molar-refractivity contribution in [2.24, 2.45) is 5.92 Å². The van der Waals surface area contributed by atoms with Gasteiger partial charge in [-0.3, -0.25) is 19.2 Å². The molecule has 0 spiro atoms. The van der Waals surface area contributed by atoms with E-state index in [9.17, 15) is 24.3 Å². The maximum atomic E-state index is 13.5. The number of ether oxygens (including phenoxy) is 1. The van der Waals surface area contributed by atoms with Crippen molar-refractivity contribution in [3.05, 3.63) is 77.1 Å². The van der Waals surface area contributed by atoms with Crippen molar-refractivity contribution in [3.63, 3.8) is 0 Å². The maximum Gasteiger partial charge on any atom is 0.252 e. The molecule has 1 aromatic heterocycles. The van der Waals surface area contributed by atoms with Gasteiger partial charge in [-0.1, -0.05) is 55.5 Å². The van der Waals surface area contributed by atoms with E-state index in [-0.39, 0.29) is 31.9 Å². The number of amides is 4. The smallest absolute Gasteiger partial charge is 0.252 e. The predicted octanol–water partition coefficient (Wildman–Crippen LogP) is 1.03. The highest BCUT2D eigenvalue weighted by atomic mass is 16.5. The fraction of sp³-hybridized carbons (Fsp3) is 0.438. The average Bonchev–Trinajstić information content (AvgIpc) is 3.46. The Morgan fingerprint density at radius 3 is 2.42 bits per heavy atom. The predicted molar refractivity (Wildman–Crippen MR) is 165 cm³/mol. The number of hydrogen-bond acceptors (Lipinski definition) is 8. The number of aliphatic hydroxyl groups excluding tert-OH is 1. The van der Waals surface area contributed by atoms with Gasteiger partial charge in [-0.15, -0.1) is 5.10 Å². The molecule has 5 N–H and O–H groups in total. The van der Waals surface area contributed by atoms with E-state index < -0.39 is 47.9 Å². The highest BCUT2D eigenvalue weighted by Crippen LogP contribution is 2.20. The number of aliphatic hydroxyl groups is 1. The zero-order valence-corrected chi connectivity index (χ0v) is 25.9. The number of aryl methyl sites for hydroxylation is 1. The first-order valence-electron chi connectivity index (χ1n) is 15.0. The van der Waals surface area contributed by atoms with Gasteiger partial charge in [0.2, 0.25) is 17.7 Å². The lowest BCUT2D eigenvalue weighted by atomic mass is 10.0. The molecule has 4 amide bonds. The fourth-order valence-corrected chi connectivity index (χ4v) is 4.90. The van der Waals surface area contributed by atoms with Gasteiger partial charge in [0.05, 0.1) is 25.4 Å². The van der Waals surface area contributed by atoms with Gasteiger partial charge in [0.15, 0.2) is 0 Å². The fourth-order valence-electron chi connectivity index (χ4n) is 4.90. The summed E-state index contributed by atoms with van der Waals surface area (Å²) in [6.07, 6.45) is 0.812. The third kappa shape index (κ3) is 9.35. The molecule has 240 valence electrons. The standard InChI is InChI=1S/C32H41N7O6/c1-19(2)14-25-31(43)36-28(21(4)40)32(44)35-26(15-22-8-6-5-7-9-22)30(42)33-17-24-18-39(38-37-24)12-13-45-27-16-23(29(41)34-25)11-10-20(27)3/h5-11,16,18-19,21,25-26,28,40H,12-15,17H2,1-4H3,(H,33,42)(H,34,41)(H,35,44)(H,36,43)/t21-,25+,26+,28+/m1/s1. The largest absolute Gasteiger partial charge is 0.491 e. The van der Waals surface area contributed by atoms with Gasteiger partial charge in [-0.25, -0.2) is 4.68 Å². The highest BCUT2D eigenvalue weighted by molar-refractivity contribution is 5.99. The molecule has 3 aromatic rings.